The van der Waals surface area contributed by atoms with E-state index in [2.05, 4.69) is 133 Å². The van der Waals surface area contributed by atoms with E-state index in [1.807, 2.05) is 0 Å². The van der Waals surface area contributed by atoms with E-state index in [1.165, 1.54) is 224 Å². The molecule has 4 saturated heterocycles. The third kappa shape index (κ3) is 26.7. The van der Waals surface area contributed by atoms with Crippen LogP contribution >= 0.6 is 52.8 Å². The van der Waals surface area contributed by atoms with Crippen molar-refractivity contribution in [3.05, 3.63) is 148 Å². The first kappa shape index (κ1) is 108. The van der Waals surface area contributed by atoms with Crippen LogP contribution in [0.25, 0.3) is 0 Å². The Bertz CT molecular complexity index is 3270. The molecule has 3 aromatic carbocycles. The van der Waals surface area contributed by atoms with E-state index in [4.69, 9.17) is 0 Å². The summed E-state index contributed by atoms with van der Waals surface area (Å²) in [6.45, 7) is 25.5. The predicted molar refractivity (Wildman–Crippen MR) is 509 cm³/mol. The fraction of sp³-hybridized carbons (Fsp3) is 0.776. The van der Waals surface area contributed by atoms with Crippen molar-refractivity contribution in [3.8, 4) is 0 Å². The summed E-state index contributed by atoms with van der Waals surface area (Å²) in [5.41, 5.74) is 17.3. The topological polar surface area (TPSA) is 0 Å². The van der Waals surface area contributed by atoms with Gasteiger partial charge in [-0.05, 0) is 379 Å². The van der Waals surface area contributed by atoms with Crippen molar-refractivity contribution in [2.75, 3.05) is 12.3 Å². The molecule has 0 spiro atoms. The molecule has 12 saturated carbocycles. The smallest absolute Gasteiger partial charge is 0 e. The monoisotopic (exact) mass is 2170 g/mol. The minimum atomic E-state index is 0. The van der Waals surface area contributed by atoms with E-state index in [0.29, 0.717) is 5.92 Å². The summed E-state index contributed by atoms with van der Waals surface area (Å²) in [5.74, 6) is 24.8. The Hall–Kier alpha value is 6.86. The molecule has 6 radical (unpaired) electrons. The zero-order valence-electron chi connectivity index (χ0n) is 75.3. The number of hydrogen-bond acceptors (Lipinski definition) is 0. The average Bonchev–Trinajstić information content (AvgIpc) is 1.72. The third-order valence-electron chi connectivity index (χ3n) is 37.5. The molecule has 12 heteroatoms. The number of hydrogen-bond donors (Lipinski definition) is 0. The molecule has 648 valence electrons. The van der Waals surface area contributed by atoms with E-state index in [0.717, 1.165) is 171 Å². The minimum Gasteiger partial charge on any atom is -0.343 e. The van der Waals surface area contributed by atoms with Crippen LogP contribution in [0.3, 0.4) is 0 Å². The molecule has 19 aliphatic rings. The van der Waals surface area contributed by atoms with Gasteiger partial charge in [-0.2, -0.15) is 37.5 Å². The van der Waals surface area contributed by atoms with E-state index < -0.39 is 0 Å². The van der Waals surface area contributed by atoms with E-state index in [1.54, 1.807) is 181 Å². The predicted octanol–water partition coefficient (Wildman–Crippen LogP) is 30.4. The Morgan fingerprint density at radius 2 is 0.605 bits per heavy atom. The van der Waals surface area contributed by atoms with Crippen molar-refractivity contribution in [1.29, 1.82) is 0 Å². The maximum absolute atomic E-state index is 4.48. The fourth-order valence-corrected chi connectivity index (χ4v) is 40.3. The molecule has 38 unspecified atom stereocenters. The molecule has 4 aliphatic heterocycles. The molecule has 0 N–H and O–H groups in total. The van der Waals surface area contributed by atoms with Gasteiger partial charge in [-0.25, -0.2) is 0 Å². The van der Waals surface area contributed by atoms with Crippen LogP contribution in [0.2, 0.25) is 0 Å². The van der Waals surface area contributed by atoms with Crippen LogP contribution in [0.1, 0.15) is 346 Å². The number of rotatable bonds is 4. The standard InChI is InChI=1S/C17H28.C15H26P.C15H20P.C15H26P.C15H20P.C15H26P.C15H20P.6Y/c1-2-6-14-12(4-1)8-10-17-15-7-3-5-13(15)9-11-16(14)17;2*1-10-12-7-6-11-4-2-3-5-13(11)14(12)8-9-15(10)16;2*1-2-12-8-9-14-13-6-4-3-5-11(13)7-10-15(14)16-12;2*1-2-15-14-8-7-11-5-3-4-6-12(11)13(14)9-10-16-15;;;;;;/h12-17H,1-11H2;10-15H,1-9,16H2;2-5,10,12,14-15H,1,6-9,16H2;11-16H,1-10H2;3-6,12,14-16H,1-2,7-10H2;11-16H,1-10H2;3-6,13-16H,1-2,7-10H2;;;;;;/q;6*-1;;;;;;. The van der Waals surface area contributed by atoms with Gasteiger partial charge in [-0.1, -0.05) is 204 Å². The SMILES string of the molecule is C1CCC2C(C1)CCC1C3CCCC3CCC21.[CH2-]C1C(P)CCC2C3CCCCC3CCC12.[CH2-]C1C(P)CCC2c3ccccc3CCC21.[CH2-]CC1CCC2C(CCC3CCCCC32)P1.[CH2-]CC1CCC2c3ccccc3CCC2P1.[CH2-]CC1PCCC2C3CCCCC3CCC12.[CH2-]CC1PCCC2c3ccccc3CCC12.[Y].[Y].[Y].[Y].[Y].[Y]. The van der Waals surface area contributed by atoms with Crippen molar-refractivity contribution >= 4 is 52.8 Å². The molecule has 0 amide bonds. The molecule has 38 atom stereocenters. The first-order valence-electron chi connectivity index (χ1n) is 50.1. The summed E-state index contributed by atoms with van der Waals surface area (Å²) in [6, 6.07) is 27.3. The normalized spacial score (nSPS) is 42.5. The van der Waals surface area contributed by atoms with Gasteiger partial charge in [0.2, 0.25) is 0 Å². The van der Waals surface area contributed by atoms with Gasteiger partial charge < -0.3 is 41.5 Å². The molecule has 3 aromatic rings. The van der Waals surface area contributed by atoms with E-state index >= 15 is 0 Å². The van der Waals surface area contributed by atoms with Gasteiger partial charge in [0.15, 0.2) is 0 Å². The first-order chi connectivity index (χ1) is 55.5. The molecule has 16 fully saturated rings. The second kappa shape index (κ2) is 54.3. The van der Waals surface area contributed by atoms with E-state index in [9.17, 15) is 0 Å². The molecular weight excluding hydrogens is 2000 g/mol. The van der Waals surface area contributed by atoms with E-state index in [-0.39, 0.29) is 196 Å². The molecular formula is C107H166P6Y6-6. The second-order valence-electron chi connectivity index (χ2n) is 42.3. The number of aryl methyl sites for hydroxylation is 3. The van der Waals surface area contributed by atoms with Crippen molar-refractivity contribution in [2.24, 2.45) is 124 Å². The van der Waals surface area contributed by atoms with Crippen LogP contribution in [0.5, 0.6) is 0 Å². The van der Waals surface area contributed by atoms with Gasteiger partial charge in [0.05, 0.1) is 0 Å². The quantitative estimate of drug-likeness (QED) is 0.180. The summed E-state index contributed by atoms with van der Waals surface area (Å²) in [4.78, 5) is 0. The van der Waals surface area contributed by atoms with Gasteiger partial charge in [-0.15, -0.1) is 52.8 Å². The van der Waals surface area contributed by atoms with Gasteiger partial charge in [0, 0.05) is 196 Å². The molecule has 22 rings (SSSR count). The van der Waals surface area contributed by atoms with Crippen LogP contribution in [-0.2, 0) is 216 Å². The molecule has 0 aromatic heterocycles. The number of fused-ring (bicyclic) bond motifs is 23. The summed E-state index contributed by atoms with van der Waals surface area (Å²) in [6.07, 6.45) is 75.5. The Labute approximate surface area is 898 Å². The molecule has 119 heavy (non-hydrogen) atoms. The zero-order chi connectivity index (χ0) is 77.3. The maximum atomic E-state index is 4.48. The largest absolute Gasteiger partial charge is 0.343 e. The molecule has 0 bridgehead atoms. The average molecular weight is 2170 g/mol. The summed E-state index contributed by atoms with van der Waals surface area (Å²) in [7, 11) is 10.9. The molecule has 0 nitrogen and oxygen atoms in total. The van der Waals surface area contributed by atoms with Crippen LogP contribution in [0, 0.1) is 166 Å². The molecule has 15 aliphatic carbocycles. The van der Waals surface area contributed by atoms with Gasteiger partial charge in [0.1, 0.15) is 0 Å². The van der Waals surface area contributed by atoms with Crippen LogP contribution < -0.4 is 0 Å². The van der Waals surface area contributed by atoms with Crippen molar-refractivity contribution in [2.45, 2.75) is 378 Å². The second-order valence-corrected chi connectivity index (χ2v) is 51.1. The van der Waals surface area contributed by atoms with Gasteiger partial charge in [-0.3, -0.25) is 0 Å². The Morgan fingerprint density at radius 1 is 0.261 bits per heavy atom. The van der Waals surface area contributed by atoms with Crippen molar-refractivity contribution in [1.82, 2.24) is 0 Å². The van der Waals surface area contributed by atoms with Crippen molar-refractivity contribution in [3.63, 3.8) is 0 Å². The van der Waals surface area contributed by atoms with Crippen LogP contribution in [0.4, 0.5) is 0 Å². The van der Waals surface area contributed by atoms with Gasteiger partial charge in [0.25, 0.3) is 0 Å². The summed E-state index contributed by atoms with van der Waals surface area (Å²) in [5, 5.41) is 0. The van der Waals surface area contributed by atoms with Crippen molar-refractivity contribution < 1.29 is 196 Å². The Morgan fingerprint density at radius 3 is 1.13 bits per heavy atom. The van der Waals surface area contributed by atoms with Gasteiger partial charge >= 0.3 is 0 Å². The fourth-order valence-electron chi connectivity index (χ4n) is 31.7. The zero-order valence-corrected chi connectivity index (χ0v) is 98.7. The third-order valence-corrected chi connectivity index (χ3v) is 47.1. The maximum Gasteiger partial charge on any atom is 0 e. The van der Waals surface area contributed by atoms with Crippen LogP contribution in [0.15, 0.2) is 72.8 Å². The van der Waals surface area contributed by atoms with Crippen LogP contribution in [-0.4, -0.2) is 57.6 Å². The number of benzene rings is 3. The Balaban J connectivity index is 0.000000145. The minimum absolute atomic E-state index is 0. The first-order valence-corrected chi connectivity index (χ1v) is 56.3. The summed E-state index contributed by atoms with van der Waals surface area (Å²) >= 11 is 0. The Kier molecular flexibility index (Phi) is 49.2. The molecule has 4 heterocycles. The summed E-state index contributed by atoms with van der Waals surface area (Å²) < 4.78 is 0.